The van der Waals surface area contributed by atoms with Crippen LogP contribution in [-0.4, -0.2) is 17.7 Å². The molecule has 0 spiro atoms. The maximum absolute atomic E-state index is 13.0. The highest BCUT2D eigenvalue weighted by atomic mass is 35.5. The third-order valence-corrected chi connectivity index (χ3v) is 6.98. The number of anilines is 2. The lowest BCUT2D eigenvalue weighted by atomic mass is 9.81. The van der Waals surface area contributed by atoms with Crippen LogP contribution in [0.3, 0.4) is 0 Å². The van der Waals surface area contributed by atoms with Crippen LogP contribution in [0.25, 0.3) is 0 Å². The number of imide groups is 1. The minimum Gasteiger partial charge on any atom is -0.322 e. The van der Waals surface area contributed by atoms with Crippen LogP contribution >= 0.6 is 11.6 Å². The van der Waals surface area contributed by atoms with E-state index in [2.05, 4.69) is 5.32 Å². The Morgan fingerprint density at radius 1 is 1.03 bits per heavy atom. The molecule has 1 N–H and O–H groups in total. The minimum atomic E-state index is -0.309. The first-order valence-electron chi connectivity index (χ1n) is 9.99. The van der Waals surface area contributed by atoms with E-state index in [1.165, 1.54) is 4.90 Å². The molecule has 148 valence electrons. The number of amides is 3. The smallest absolute Gasteiger partial charge is 0.255 e. The lowest BCUT2D eigenvalue weighted by Gasteiger charge is -2.19. The Morgan fingerprint density at radius 3 is 2.41 bits per heavy atom. The largest absolute Gasteiger partial charge is 0.322 e. The highest BCUT2D eigenvalue weighted by molar-refractivity contribution is 6.31. The van der Waals surface area contributed by atoms with Gasteiger partial charge in [-0.1, -0.05) is 23.7 Å². The van der Waals surface area contributed by atoms with Gasteiger partial charge in [0.15, 0.2) is 0 Å². The van der Waals surface area contributed by atoms with E-state index in [9.17, 15) is 14.4 Å². The van der Waals surface area contributed by atoms with E-state index in [4.69, 9.17) is 11.6 Å². The quantitative estimate of drug-likeness (QED) is 0.763. The van der Waals surface area contributed by atoms with E-state index in [-0.39, 0.29) is 29.6 Å². The molecule has 2 saturated carbocycles. The molecule has 3 fully saturated rings. The molecule has 5 rings (SSSR count). The fourth-order valence-corrected chi connectivity index (χ4v) is 5.54. The number of carbonyl (C=O) groups excluding carboxylic acids is 3. The minimum absolute atomic E-state index is 0.101. The van der Waals surface area contributed by atoms with Gasteiger partial charge in [0.25, 0.3) is 5.91 Å². The van der Waals surface area contributed by atoms with Gasteiger partial charge in [-0.15, -0.1) is 0 Å². The Bertz CT molecular complexity index is 1020. The fourth-order valence-electron chi connectivity index (χ4n) is 5.37. The number of aryl methyl sites for hydroxylation is 1. The summed E-state index contributed by atoms with van der Waals surface area (Å²) in [5.41, 5.74) is 2.39. The van der Waals surface area contributed by atoms with Gasteiger partial charge in [0, 0.05) is 16.3 Å². The standard InChI is InChI=1S/C23H21ClN2O3/c1-12-5-8-16(24)11-18(12)25-21(27)15-3-2-4-17(10-15)26-22(28)19-13-6-7-14(9-13)20(19)23(26)29/h2-5,8,10-11,13-14,19-20H,6-7,9H2,1H3,(H,25,27)/t13-,14+,19-,20-/m0/s1. The SMILES string of the molecule is Cc1ccc(Cl)cc1NC(=O)c1cccc(N2C(=O)[C@H]3[C@@H]4CC[C@@H](C4)[C@@H]3C2=O)c1. The third kappa shape index (κ3) is 2.87. The van der Waals surface area contributed by atoms with E-state index in [1.54, 1.807) is 36.4 Å². The van der Waals surface area contributed by atoms with Crippen molar-refractivity contribution in [3.8, 4) is 0 Å². The molecule has 1 heterocycles. The van der Waals surface area contributed by atoms with Crippen LogP contribution in [0.4, 0.5) is 11.4 Å². The zero-order chi connectivity index (χ0) is 20.3. The van der Waals surface area contributed by atoms with Crippen molar-refractivity contribution in [1.29, 1.82) is 0 Å². The first-order valence-corrected chi connectivity index (χ1v) is 10.4. The van der Waals surface area contributed by atoms with Gasteiger partial charge in [-0.25, -0.2) is 0 Å². The third-order valence-electron chi connectivity index (χ3n) is 6.74. The zero-order valence-corrected chi connectivity index (χ0v) is 16.8. The van der Waals surface area contributed by atoms with Gasteiger partial charge in [0.1, 0.15) is 0 Å². The molecule has 0 aromatic heterocycles. The lowest BCUT2D eigenvalue weighted by Crippen LogP contribution is -2.33. The van der Waals surface area contributed by atoms with Crippen molar-refractivity contribution < 1.29 is 14.4 Å². The van der Waals surface area contributed by atoms with E-state index >= 15 is 0 Å². The van der Waals surface area contributed by atoms with Crippen molar-refractivity contribution >= 4 is 40.7 Å². The van der Waals surface area contributed by atoms with Gasteiger partial charge < -0.3 is 5.32 Å². The highest BCUT2D eigenvalue weighted by Crippen LogP contribution is 2.56. The number of fused-ring (bicyclic) bond motifs is 5. The van der Waals surface area contributed by atoms with Crippen LogP contribution in [0.1, 0.15) is 35.2 Å². The summed E-state index contributed by atoms with van der Waals surface area (Å²) in [5, 5.41) is 3.40. The molecule has 0 unspecified atom stereocenters. The molecule has 2 aromatic rings. The summed E-state index contributed by atoms with van der Waals surface area (Å²) in [7, 11) is 0. The maximum atomic E-state index is 13.0. The first-order chi connectivity index (χ1) is 13.9. The number of rotatable bonds is 3. The molecule has 1 aliphatic heterocycles. The molecule has 2 aromatic carbocycles. The Morgan fingerprint density at radius 2 is 1.72 bits per heavy atom. The van der Waals surface area contributed by atoms with Gasteiger partial charge in [0.05, 0.1) is 17.5 Å². The number of nitrogens with zero attached hydrogens (tertiary/aromatic N) is 1. The summed E-state index contributed by atoms with van der Waals surface area (Å²) in [4.78, 5) is 40.1. The highest BCUT2D eigenvalue weighted by Gasteiger charge is 2.61. The normalized spacial score (nSPS) is 27.4. The van der Waals surface area contributed by atoms with Crippen LogP contribution in [0.5, 0.6) is 0 Å². The summed E-state index contributed by atoms with van der Waals surface area (Å²) in [6.45, 7) is 1.89. The van der Waals surface area contributed by atoms with E-state index in [0.29, 0.717) is 33.8 Å². The lowest BCUT2D eigenvalue weighted by molar-refractivity contribution is -0.123. The van der Waals surface area contributed by atoms with Gasteiger partial charge in [-0.05, 0) is 73.9 Å². The van der Waals surface area contributed by atoms with Crippen molar-refractivity contribution in [1.82, 2.24) is 0 Å². The predicted octanol–water partition coefficient (Wildman–Crippen LogP) is 4.44. The molecule has 4 atom stereocenters. The number of carbonyl (C=O) groups is 3. The van der Waals surface area contributed by atoms with Crippen molar-refractivity contribution in [3.05, 3.63) is 58.6 Å². The Balaban J connectivity index is 1.42. The maximum Gasteiger partial charge on any atom is 0.255 e. The second kappa shape index (κ2) is 6.70. The monoisotopic (exact) mass is 408 g/mol. The van der Waals surface area contributed by atoms with E-state index < -0.39 is 0 Å². The molecule has 2 aliphatic carbocycles. The number of hydrogen-bond acceptors (Lipinski definition) is 3. The van der Waals surface area contributed by atoms with Crippen LogP contribution in [-0.2, 0) is 9.59 Å². The number of hydrogen-bond donors (Lipinski definition) is 1. The van der Waals surface area contributed by atoms with Gasteiger partial charge >= 0.3 is 0 Å². The summed E-state index contributed by atoms with van der Waals surface area (Å²) >= 11 is 6.03. The van der Waals surface area contributed by atoms with Crippen LogP contribution in [0, 0.1) is 30.6 Å². The van der Waals surface area contributed by atoms with E-state index in [0.717, 1.165) is 24.8 Å². The topological polar surface area (TPSA) is 66.5 Å². The molecule has 3 aliphatic rings. The molecule has 0 radical (unpaired) electrons. The zero-order valence-electron chi connectivity index (χ0n) is 16.0. The van der Waals surface area contributed by atoms with Crippen LogP contribution in [0.2, 0.25) is 5.02 Å². The molecular weight excluding hydrogens is 388 g/mol. The number of nitrogens with one attached hydrogen (secondary N) is 1. The van der Waals surface area contributed by atoms with Crippen molar-refractivity contribution in [2.75, 3.05) is 10.2 Å². The molecule has 29 heavy (non-hydrogen) atoms. The van der Waals surface area contributed by atoms with Crippen molar-refractivity contribution in [2.24, 2.45) is 23.7 Å². The fraction of sp³-hybridized carbons (Fsp3) is 0.348. The summed E-state index contributed by atoms with van der Waals surface area (Å²) < 4.78 is 0. The molecule has 3 amide bonds. The Labute approximate surface area is 174 Å². The molecule has 2 bridgehead atoms. The molecule has 5 nitrogen and oxygen atoms in total. The van der Waals surface area contributed by atoms with E-state index in [1.807, 2.05) is 13.0 Å². The van der Waals surface area contributed by atoms with Gasteiger partial charge in [-0.3, -0.25) is 19.3 Å². The van der Waals surface area contributed by atoms with Gasteiger partial charge in [0.2, 0.25) is 11.8 Å². The average Bonchev–Trinajstić information content (AvgIpc) is 3.38. The summed E-state index contributed by atoms with van der Waals surface area (Å²) in [5.74, 6) is -0.185. The predicted molar refractivity (Wildman–Crippen MR) is 111 cm³/mol. The summed E-state index contributed by atoms with van der Waals surface area (Å²) in [6, 6.07) is 12.0. The number of benzene rings is 2. The van der Waals surface area contributed by atoms with Crippen LogP contribution in [0.15, 0.2) is 42.5 Å². The van der Waals surface area contributed by atoms with Crippen LogP contribution < -0.4 is 10.2 Å². The van der Waals surface area contributed by atoms with Crippen molar-refractivity contribution in [3.63, 3.8) is 0 Å². The second-order valence-corrected chi connectivity index (χ2v) is 8.80. The second-order valence-electron chi connectivity index (χ2n) is 8.36. The molecular formula is C23H21ClN2O3. The van der Waals surface area contributed by atoms with Gasteiger partial charge in [-0.2, -0.15) is 0 Å². The molecule has 1 saturated heterocycles. The first kappa shape index (κ1) is 18.4. The number of halogens is 1. The summed E-state index contributed by atoms with van der Waals surface area (Å²) in [6.07, 6.45) is 3.09. The Kier molecular flexibility index (Phi) is 4.24. The molecule has 6 heteroatoms. The van der Waals surface area contributed by atoms with Crippen molar-refractivity contribution in [2.45, 2.75) is 26.2 Å². The average molecular weight is 409 g/mol. The Hall–Kier alpha value is -2.66.